The molecule has 1 N–H and O–H groups in total. The first-order valence-corrected chi connectivity index (χ1v) is 6.65. The fourth-order valence-corrected chi connectivity index (χ4v) is 2.90. The van der Waals surface area contributed by atoms with Crippen LogP contribution in [0.4, 0.5) is 5.69 Å². The molecule has 0 saturated carbocycles. The molecule has 1 aromatic rings. The van der Waals surface area contributed by atoms with Crippen molar-refractivity contribution in [1.82, 2.24) is 0 Å². The van der Waals surface area contributed by atoms with Gasteiger partial charge in [0, 0.05) is 30.7 Å². The van der Waals surface area contributed by atoms with E-state index in [0.717, 1.165) is 30.2 Å². The average molecular weight is 265 g/mol. The van der Waals surface area contributed by atoms with Crippen molar-refractivity contribution in [3.63, 3.8) is 0 Å². The Morgan fingerprint density at radius 3 is 2.58 bits per heavy atom. The molecular weight excluding hydrogens is 242 g/mol. The van der Waals surface area contributed by atoms with Crippen LogP contribution in [0.15, 0.2) is 18.2 Å². The molecule has 1 atom stereocenters. The van der Waals surface area contributed by atoms with E-state index >= 15 is 0 Å². The van der Waals surface area contributed by atoms with Crippen molar-refractivity contribution >= 4 is 5.69 Å². The van der Waals surface area contributed by atoms with Crippen molar-refractivity contribution in [3.05, 3.63) is 18.2 Å². The van der Waals surface area contributed by atoms with E-state index in [0.29, 0.717) is 0 Å². The Bertz CT molecular complexity index is 445. The molecule has 1 aliphatic rings. The number of benzene rings is 1. The van der Waals surface area contributed by atoms with Gasteiger partial charge in [-0.2, -0.15) is 0 Å². The number of rotatable bonds is 4. The number of hydrogen-bond donors (Lipinski definition) is 1. The first-order chi connectivity index (χ1) is 9.04. The van der Waals surface area contributed by atoms with Crippen LogP contribution in [0.3, 0.4) is 0 Å². The van der Waals surface area contributed by atoms with Crippen LogP contribution < -0.4 is 14.4 Å². The molecule has 1 fully saturated rings. The molecule has 1 heterocycles. The van der Waals surface area contributed by atoms with Crippen LogP contribution in [-0.2, 0) is 0 Å². The number of aliphatic hydroxyl groups is 1. The molecule has 19 heavy (non-hydrogen) atoms. The molecule has 0 bridgehead atoms. The van der Waals surface area contributed by atoms with E-state index < -0.39 is 0 Å². The molecule has 0 spiro atoms. The highest BCUT2D eigenvalue weighted by Crippen LogP contribution is 2.43. The van der Waals surface area contributed by atoms with Crippen LogP contribution in [0.2, 0.25) is 0 Å². The Kier molecular flexibility index (Phi) is 3.90. The van der Waals surface area contributed by atoms with Gasteiger partial charge in [0.15, 0.2) is 0 Å². The first kappa shape index (κ1) is 14.0. The summed E-state index contributed by atoms with van der Waals surface area (Å²) in [7, 11) is 3.34. The van der Waals surface area contributed by atoms with Crippen molar-refractivity contribution in [2.75, 3.05) is 32.3 Å². The molecule has 2 rings (SSSR count). The molecule has 0 aliphatic carbocycles. The van der Waals surface area contributed by atoms with E-state index in [1.165, 1.54) is 0 Å². The molecule has 0 aromatic heterocycles. The van der Waals surface area contributed by atoms with Gasteiger partial charge in [0.05, 0.1) is 19.9 Å². The summed E-state index contributed by atoms with van der Waals surface area (Å²) in [5.41, 5.74) is 0.941. The SMILES string of the molecule is COc1ccc(OC)c(N2CCC(CO)C2(C)C)c1. The van der Waals surface area contributed by atoms with Gasteiger partial charge < -0.3 is 19.5 Å². The molecule has 0 amide bonds. The number of hydrogen-bond acceptors (Lipinski definition) is 4. The van der Waals surface area contributed by atoms with Crippen molar-refractivity contribution in [2.45, 2.75) is 25.8 Å². The summed E-state index contributed by atoms with van der Waals surface area (Å²) in [6.45, 7) is 5.47. The second-order valence-electron chi connectivity index (χ2n) is 5.51. The van der Waals surface area contributed by atoms with E-state index in [9.17, 15) is 5.11 Å². The molecule has 1 aromatic carbocycles. The summed E-state index contributed by atoms with van der Waals surface area (Å²) in [6, 6.07) is 5.83. The van der Waals surface area contributed by atoms with E-state index in [4.69, 9.17) is 9.47 Å². The van der Waals surface area contributed by atoms with Gasteiger partial charge in [0.25, 0.3) is 0 Å². The van der Waals surface area contributed by atoms with Crippen molar-refractivity contribution in [1.29, 1.82) is 0 Å². The lowest BCUT2D eigenvalue weighted by Gasteiger charge is -2.37. The summed E-state index contributed by atoms with van der Waals surface area (Å²) in [5.74, 6) is 1.94. The highest BCUT2D eigenvalue weighted by molar-refractivity contribution is 5.63. The van der Waals surface area contributed by atoms with Crippen LogP contribution in [0.25, 0.3) is 0 Å². The monoisotopic (exact) mass is 265 g/mol. The maximum absolute atomic E-state index is 9.51. The summed E-state index contributed by atoms with van der Waals surface area (Å²) in [6.07, 6.45) is 0.990. The summed E-state index contributed by atoms with van der Waals surface area (Å²) >= 11 is 0. The predicted molar refractivity (Wildman–Crippen MR) is 76.2 cm³/mol. The van der Waals surface area contributed by atoms with Crippen molar-refractivity contribution in [3.8, 4) is 11.5 Å². The molecule has 4 nitrogen and oxygen atoms in total. The lowest BCUT2D eigenvalue weighted by atomic mass is 9.89. The van der Waals surface area contributed by atoms with Crippen molar-refractivity contribution in [2.24, 2.45) is 5.92 Å². The summed E-state index contributed by atoms with van der Waals surface area (Å²) < 4.78 is 10.8. The van der Waals surface area contributed by atoms with Gasteiger partial charge in [-0.3, -0.25) is 0 Å². The average Bonchev–Trinajstić information content (AvgIpc) is 2.72. The predicted octanol–water partition coefficient (Wildman–Crippen LogP) is 2.30. The minimum Gasteiger partial charge on any atom is -0.497 e. The second-order valence-corrected chi connectivity index (χ2v) is 5.51. The van der Waals surface area contributed by atoms with Gasteiger partial charge in [-0.25, -0.2) is 0 Å². The second kappa shape index (κ2) is 5.29. The third kappa shape index (κ3) is 2.37. The molecule has 1 unspecified atom stereocenters. The van der Waals surface area contributed by atoms with Crippen LogP contribution in [0.5, 0.6) is 11.5 Å². The summed E-state index contributed by atoms with van der Waals surface area (Å²) in [5, 5.41) is 9.51. The topological polar surface area (TPSA) is 41.9 Å². The van der Waals surface area contributed by atoms with Crippen LogP contribution in [0.1, 0.15) is 20.3 Å². The fraction of sp³-hybridized carbons (Fsp3) is 0.600. The third-order valence-corrected chi connectivity index (χ3v) is 4.29. The van der Waals surface area contributed by atoms with E-state index in [2.05, 4.69) is 18.7 Å². The fourth-order valence-electron chi connectivity index (χ4n) is 2.90. The Balaban J connectivity index is 2.41. The number of nitrogens with zero attached hydrogens (tertiary/aromatic N) is 1. The zero-order chi connectivity index (χ0) is 14.0. The Morgan fingerprint density at radius 1 is 1.32 bits per heavy atom. The Morgan fingerprint density at radius 2 is 2.05 bits per heavy atom. The van der Waals surface area contributed by atoms with E-state index in [1.807, 2.05) is 18.2 Å². The van der Waals surface area contributed by atoms with Gasteiger partial charge in [0.1, 0.15) is 11.5 Å². The summed E-state index contributed by atoms with van der Waals surface area (Å²) in [4.78, 5) is 2.30. The highest BCUT2D eigenvalue weighted by Gasteiger charge is 2.41. The van der Waals surface area contributed by atoms with E-state index in [1.54, 1.807) is 14.2 Å². The minimum atomic E-state index is -0.0889. The quantitative estimate of drug-likeness (QED) is 0.907. The van der Waals surface area contributed by atoms with Gasteiger partial charge in [-0.05, 0) is 32.4 Å². The van der Waals surface area contributed by atoms with E-state index in [-0.39, 0.29) is 18.1 Å². The smallest absolute Gasteiger partial charge is 0.142 e. The number of aliphatic hydroxyl groups excluding tert-OH is 1. The molecule has 1 saturated heterocycles. The zero-order valence-corrected chi connectivity index (χ0v) is 12.1. The molecule has 0 radical (unpaired) electrons. The highest BCUT2D eigenvalue weighted by atomic mass is 16.5. The molecular formula is C15H23NO3. The number of ether oxygens (including phenoxy) is 2. The van der Waals surface area contributed by atoms with Crippen LogP contribution in [0, 0.1) is 5.92 Å². The third-order valence-electron chi connectivity index (χ3n) is 4.29. The zero-order valence-electron chi connectivity index (χ0n) is 12.1. The number of anilines is 1. The van der Waals surface area contributed by atoms with Crippen molar-refractivity contribution < 1.29 is 14.6 Å². The van der Waals surface area contributed by atoms with Gasteiger partial charge >= 0.3 is 0 Å². The van der Waals surface area contributed by atoms with Crippen LogP contribution in [-0.4, -0.2) is 38.0 Å². The first-order valence-electron chi connectivity index (χ1n) is 6.65. The van der Waals surface area contributed by atoms with Gasteiger partial charge in [-0.15, -0.1) is 0 Å². The lowest BCUT2D eigenvalue weighted by Crippen LogP contribution is -2.43. The standard InChI is InChI=1S/C15H23NO3/c1-15(2)11(10-17)7-8-16(15)13-9-12(18-3)5-6-14(13)19-4/h5-6,9,11,17H,7-8,10H2,1-4H3. The molecule has 106 valence electrons. The molecule has 1 aliphatic heterocycles. The van der Waals surface area contributed by atoms with Gasteiger partial charge in [0.2, 0.25) is 0 Å². The maximum atomic E-state index is 9.51. The Hall–Kier alpha value is -1.42. The minimum absolute atomic E-state index is 0.0889. The largest absolute Gasteiger partial charge is 0.497 e. The normalized spacial score (nSPS) is 21.5. The van der Waals surface area contributed by atoms with Gasteiger partial charge in [-0.1, -0.05) is 0 Å². The molecule has 4 heteroatoms. The lowest BCUT2D eigenvalue weighted by molar-refractivity contribution is 0.189. The van der Waals surface area contributed by atoms with Crippen LogP contribution >= 0.6 is 0 Å². The maximum Gasteiger partial charge on any atom is 0.142 e. The number of methoxy groups -OCH3 is 2. The Labute approximate surface area is 114 Å².